The van der Waals surface area contributed by atoms with Gasteiger partial charge in [-0.3, -0.25) is 4.99 Å². The molecule has 1 aromatic carbocycles. The smallest absolute Gasteiger partial charge is 0.191 e. The van der Waals surface area contributed by atoms with Crippen molar-refractivity contribution in [2.45, 2.75) is 25.9 Å². The predicted octanol–water partition coefficient (Wildman–Crippen LogP) is 3.06. The van der Waals surface area contributed by atoms with Gasteiger partial charge in [0.2, 0.25) is 0 Å². The summed E-state index contributed by atoms with van der Waals surface area (Å²) >= 11 is 7.82. The molecule has 0 spiro atoms. The minimum Gasteiger partial charge on any atom is -0.495 e. The summed E-state index contributed by atoms with van der Waals surface area (Å²) in [5.41, 5.74) is 2.09. The first kappa shape index (κ1) is 18.8. The molecule has 2 heterocycles. The maximum atomic E-state index is 6.16. The molecule has 0 amide bonds. The standard InChI is InChI=1S/C18H24ClN5OS/c1-12-11-26-17(22-12)9-21-18(20-2)23-14-6-7-24(10-14)15-8-13(19)4-5-16(15)25-3/h4-5,8,11,14H,6-7,9-10H2,1-3H3,(H2,20,21,23). The summed E-state index contributed by atoms with van der Waals surface area (Å²) in [6.45, 7) is 4.49. The number of halogens is 1. The number of benzene rings is 1. The number of nitrogens with one attached hydrogen (secondary N) is 2. The highest BCUT2D eigenvalue weighted by Crippen LogP contribution is 2.33. The highest BCUT2D eigenvalue weighted by Gasteiger charge is 2.25. The summed E-state index contributed by atoms with van der Waals surface area (Å²) in [6.07, 6.45) is 1.02. The third kappa shape index (κ3) is 4.59. The minimum atomic E-state index is 0.308. The molecule has 140 valence electrons. The van der Waals surface area contributed by atoms with Crippen LogP contribution in [-0.4, -0.2) is 44.2 Å². The molecule has 1 unspecified atom stereocenters. The molecule has 2 aromatic rings. The summed E-state index contributed by atoms with van der Waals surface area (Å²) in [6, 6.07) is 6.03. The van der Waals surface area contributed by atoms with Crippen LogP contribution in [0.15, 0.2) is 28.6 Å². The first-order chi connectivity index (χ1) is 12.6. The van der Waals surface area contributed by atoms with E-state index < -0.39 is 0 Å². The number of hydrogen-bond donors (Lipinski definition) is 2. The van der Waals surface area contributed by atoms with Crippen LogP contribution in [0.4, 0.5) is 5.69 Å². The van der Waals surface area contributed by atoms with E-state index in [2.05, 4.69) is 30.9 Å². The van der Waals surface area contributed by atoms with Gasteiger partial charge < -0.3 is 20.3 Å². The number of anilines is 1. The Morgan fingerprint density at radius 1 is 1.50 bits per heavy atom. The van der Waals surface area contributed by atoms with Gasteiger partial charge >= 0.3 is 0 Å². The molecular formula is C18H24ClN5OS. The van der Waals surface area contributed by atoms with Crippen LogP contribution in [0.2, 0.25) is 5.02 Å². The molecular weight excluding hydrogens is 370 g/mol. The van der Waals surface area contributed by atoms with E-state index in [1.807, 2.05) is 25.1 Å². The Kier molecular flexibility index (Phi) is 6.21. The summed E-state index contributed by atoms with van der Waals surface area (Å²) in [7, 11) is 3.47. The third-order valence-corrected chi connectivity index (χ3v) is 5.51. The van der Waals surface area contributed by atoms with Crippen LogP contribution in [0, 0.1) is 6.92 Å². The number of thiazole rings is 1. The normalized spacial score (nSPS) is 17.5. The Hall–Kier alpha value is -1.99. The lowest BCUT2D eigenvalue weighted by Gasteiger charge is -2.22. The Morgan fingerprint density at radius 2 is 2.35 bits per heavy atom. The van der Waals surface area contributed by atoms with Crippen molar-refractivity contribution in [1.82, 2.24) is 15.6 Å². The average molecular weight is 394 g/mol. The molecule has 0 radical (unpaired) electrons. The largest absolute Gasteiger partial charge is 0.495 e. The van der Waals surface area contributed by atoms with Crippen LogP contribution in [-0.2, 0) is 6.54 Å². The lowest BCUT2D eigenvalue weighted by Crippen LogP contribution is -2.44. The number of aromatic nitrogens is 1. The Labute approximate surface area is 163 Å². The van der Waals surface area contributed by atoms with Crippen LogP contribution in [0.5, 0.6) is 5.75 Å². The molecule has 1 aromatic heterocycles. The fourth-order valence-electron chi connectivity index (χ4n) is 3.04. The second-order valence-electron chi connectivity index (χ2n) is 6.20. The van der Waals surface area contributed by atoms with Crippen molar-refractivity contribution < 1.29 is 4.74 Å². The minimum absolute atomic E-state index is 0.308. The number of hydrogen-bond acceptors (Lipinski definition) is 5. The molecule has 0 bridgehead atoms. The van der Waals surface area contributed by atoms with E-state index in [1.54, 1.807) is 25.5 Å². The highest BCUT2D eigenvalue weighted by atomic mass is 35.5. The van der Waals surface area contributed by atoms with Gasteiger partial charge in [0.15, 0.2) is 5.96 Å². The molecule has 26 heavy (non-hydrogen) atoms. The first-order valence-electron chi connectivity index (χ1n) is 8.55. The van der Waals surface area contributed by atoms with Gasteiger partial charge in [-0.1, -0.05) is 11.6 Å². The van der Waals surface area contributed by atoms with E-state index in [-0.39, 0.29) is 0 Å². The maximum absolute atomic E-state index is 6.16. The summed E-state index contributed by atoms with van der Waals surface area (Å²) in [5.74, 6) is 1.64. The van der Waals surface area contributed by atoms with E-state index in [4.69, 9.17) is 16.3 Å². The van der Waals surface area contributed by atoms with Crippen LogP contribution in [0.3, 0.4) is 0 Å². The molecule has 1 fully saturated rings. The highest BCUT2D eigenvalue weighted by molar-refractivity contribution is 7.09. The van der Waals surface area contributed by atoms with Crippen LogP contribution >= 0.6 is 22.9 Å². The summed E-state index contributed by atoms with van der Waals surface area (Å²) in [5, 5.41) is 10.7. The SMILES string of the molecule is CN=C(NCc1nc(C)cs1)NC1CCN(c2cc(Cl)ccc2OC)C1. The number of rotatable bonds is 5. The van der Waals surface area contributed by atoms with E-state index >= 15 is 0 Å². The average Bonchev–Trinajstić information content (AvgIpc) is 3.27. The molecule has 8 heteroatoms. The van der Waals surface area contributed by atoms with Gasteiger partial charge in [0, 0.05) is 42.3 Å². The van der Waals surface area contributed by atoms with Crippen molar-refractivity contribution >= 4 is 34.6 Å². The number of guanidine groups is 1. The van der Waals surface area contributed by atoms with Crippen LogP contribution < -0.4 is 20.3 Å². The summed E-state index contributed by atoms with van der Waals surface area (Å²) in [4.78, 5) is 11.1. The third-order valence-electron chi connectivity index (χ3n) is 4.31. The van der Waals surface area contributed by atoms with E-state index in [9.17, 15) is 0 Å². The topological polar surface area (TPSA) is 61.8 Å². The molecule has 2 N–H and O–H groups in total. The molecule has 0 aliphatic carbocycles. The fraction of sp³-hybridized carbons (Fsp3) is 0.444. The number of nitrogens with zero attached hydrogens (tertiary/aromatic N) is 3. The Bertz CT molecular complexity index is 779. The number of aliphatic imine (C=N–C) groups is 1. The van der Waals surface area contributed by atoms with Gasteiger partial charge in [-0.25, -0.2) is 4.98 Å². The van der Waals surface area contributed by atoms with Crippen molar-refractivity contribution in [3.8, 4) is 5.75 Å². The van der Waals surface area contributed by atoms with E-state index in [1.165, 1.54) is 0 Å². The molecule has 6 nitrogen and oxygen atoms in total. The second kappa shape index (κ2) is 8.60. The van der Waals surface area contributed by atoms with Crippen LogP contribution in [0.25, 0.3) is 0 Å². The van der Waals surface area contributed by atoms with Gasteiger partial charge in [0.05, 0.1) is 19.3 Å². The first-order valence-corrected chi connectivity index (χ1v) is 9.81. The van der Waals surface area contributed by atoms with Crippen molar-refractivity contribution in [3.63, 3.8) is 0 Å². The lowest BCUT2D eigenvalue weighted by molar-refractivity contribution is 0.415. The second-order valence-corrected chi connectivity index (χ2v) is 7.58. The summed E-state index contributed by atoms with van der Waals surface area (Å²) < 4.78 is 5.48. The van der Waals surface area contributed by atoms with Crippen molar-refractivity contribution in [3.05, 3.63) is 39.3 Å². The van der Waals surface area contributed by atoms with Crippen molar-refractivity contribution in [2.75, 3.05) is 32.1 Å². The zero-order valence-electron chi connectivity index (χ0n) is 15.3. The number of methoxy groups -OCH3 is 1. The van der Waals surface area contributed by atoms with Crippen LogP contribution in [0.1, 0.15) is 17.1 Å². The molecule has 1 saturated heterocycles. The molecule has 1 aliphatic rings. The zero-order chi connectivity index (χ0) is 18.5. The Balaban J connectivity index is 1.57. The molecule has 0 saturated carbocycles. The van der Waals surface area contributed by atoms with Gasteiger partial charge in [-0.05, 0) is 31.5 Å². The monoisotopic (exact) mass is 393 g/mol. The van der Waals surface area contributed by atoms with Gasteiger partial charge in [0.25, 0.3) is 0 Å². The Morgan fingerprint density at radius 3 is 3.04 bits per heavy atom. The van der Waals surface area contributed by atoms with E-state index in [0.29, 0.717) is 17.6 Å². The van der Waals surface area contributed by atoms with E-state index in [0.717, 1.165) is 47.6 Å². The van der Waals surface area contributed by atoms with Gasteiger partial charge in [-0.2, -0.15) is 0 Å². The van der Waals surface area contributed by atoms with Crippen molar-refractivity contribution in [2.24, 2.45) is 4.99 Å². The van der Waals surface area contributed by atoms with Gasteiger partial charge in [-0.15, -0.1) is 11.3 Å². The van der Waals surface area contributed by atoms with Crippen molar-refractivity contribution in [1.29, 1.82) is 0 Å². The molecule has 3 rings (SSSR count). The molecule has 1 aliphatic heterocycles. The quantitative estimate of drug-likeness (QED) is 0.603. The number of aryl methyl sites for hydroxylation is 1. The lowest BCUT2D eigenvalue weighted by atomic mass is 10.2. The fourth-order valence-corrected chi connectivity index (χ4v) is 3.92. The number of ether oxygens (including phenoxy) is 1. The maximum Gasteiger partial charge on any atom is 0.191 e. The van der Waals surface area contributed by atoms with Gasteiger partial charge in [0.1, 0.15) is 10.8 Å². The molecule has 1 atom stereocenters. The zero-order valence-corrected chi connectivity index (χ0v) is 16.8. The predicted molar refractivity (Wildman–Crippen MR) is 109 cm³/mol.